The number of aromatic nitrogens is 2. The summed E-state index contributed by atoms with van der Waals surface area (Å²) in [5, 5.41) is 8.03. The second kappa shape index (κ2) is 7.75. The fourth-order valence-electron chi connectivity index (χ4n) is 3.68. The van der Waals surface area contributed by atoms with Crippen LogP contribution in [-0.2, 0) is 0 Å². The maximum absolute atomic E-state index is 12.7. The first-order valence-electron chi connectivity index (χ1n) is 9.69. The zero-order valence-electron chi connectivity index (χ0n) is 16.0. The second-order valence-corrected chi connectivity index (χ2v) is 7.02. The Bertz CT molecular complexity index is 1270. The van der Waals surface area contributed by atoms with Gasteiger partial charge in [-0.15, -0.1) is 0 Å². The van der Waals surface area contributed by atoms with Crippen molar-refractivity contribution < 1.29 is 13.7 Å². The summed E-state index contributed by atoms with van der Waals surface area (Å²) in [6.07, 6.45) is 3.56. The van der Waals surface area contributed by atoms with Gasteiger partial charge in [0.05, 0.1) is 6.26 Å². The van der Waals surface area contributed by atoms with Crippen LogP contribution in [0.15, 0.2) is 94.2 Å². The van der Waals surface area contributed by atoms with E-state index in [9.17, 15) is 4.79 Å². The van der Waals surface area contributed by atoms with Crippen LogP contribution in [0.3, 0.4) is 0 Å². The Labute approximate surface area is 172 Å². The van der Waals surface area contributed by atoms with Crippen LogP contribution < -0.4 is 5.32 Å². The molecule has 0 radical (unpaired) electrons. The smallest absolute Gasteiger partial charge is 0.273 e. The first-order valence-corrected chi connectivity index (χ1v) is 9.69. The standard InChI is InChI=1S/C24H19N3O3/c28-24(21-13-23(30-27-21)22-11-6-12-29-22)26-14-18(16-7-2-1-3-8-16)19-15-25-20-10-5-4-9-17(19)20/h1-13,15,18,25H,14H2,(H,26,28). The minimum absolute atomic E-state index is 0.0113. The van der Waals surface area contributed by atoms with Crippen LogP contribution in [0.2, 0.25) is 0 Å². The van der Waals surface area contributed by atoms with Crippen LogP contribution in [0.5, 0.6) is 0 Å². The number of hydrogen-bond donors (Lipinski definition) is 2. The van der Waals surface area contributed by atoms with E-state index < -0.39 is 0 Å². The van der Waals surface area contributed by atoms with Gasteiger partial charge in [0.15, 0.2) is 11.5 Å². The Morgan fingerprint density at radius 3 is 2.67 bits per heavy atom. The molecule has 0 fully saturated rings. The van der Waals surface area contributed by atoms with Gasteiger partial charge in [0.1, 0.15) is 0 Å². The minimum atomic E-state index is -0.294. The average molecular weight is 397 g/mol. The number of carbonyl (C=O) groups excluding carboxylic acids is 1. The van der Waals surface area contributed by atoms with Gasteiger partial charge in [0, 0.05) is 35.6 Å². The lowest BCUT2D eigenvalue weighted by Crippen LogP contribution is -2.29. The molecule has 1 amide bonds. The molecule has 0 aliphatic rings. The first-order chi connectivity index (χ1) is 14.8. The van der Waals surface area contributed by atoms with Crippen molar-refractivity contribution in [2.24, 2.45) is 0 Å². The number of para-hydroxylation sites is 1. The Balaban J connectivity index is 1.40. The van der Waals surface area contributed by atoms with Crippen molar-refractivity contribution in [3.05, 3.63) is 102 Å². The summed E-state index contributed by atoms with van der Waals surface area (Å²) < 4.78 is 10.5. The highest BCUT2D eigenvalue weighted by atomic mass is 16.5. The van der Waals surface area contributed by atoms with Crippen molar-refractivity contribution in [3.63, 3.8) is 0 Å². The molecule has 1 unspecified atom stereocenters. The van der Waals surface area contributed by atoms with E-state index in [-0.39, 0.29) is 17.5 Å². The number of H-pyrrole nitrogens is 1. The van der Waals surface area contributed by atoms with Gasteiger partial charge in [-0.1, -0.05) is 53.7 Å². The SMILES string of the molecule is O=C(NCC(c1ccccc1)c1c[nH]c2ccccc12)c1cc(-c2ccco2)on1. The third kappa shape index (κ3) is 3.39. The maximum Gasteiger partial charge on any atom is 0.273 e. The van der Waals surface area contributed by atoms with Crippen molar-refractivity contribution in [1.29, 1.82) is 0 Å². The van der Waals surface area contributed by atoms with Gasteiger partial charge in [-0.2, -0.15) is 0 Å². The van der Waals surface area contributed by atoms with Crippen LogP contribution >= 0.6 is 0 Å². The minimum Gasteiger partial charge on any atom is -0.461 e. The Morgan fingerprint density at radius 2 is 1.83 bits per heavy atom. The highest BCUT2D eigenvalue weighted by Crippen LogP contribution is 2.30. The quantitative estimate of drug-likeness (QED) is 0.423. The summed E-state index contributed by atoms with van der Waals surface area (Å²) in [4.78, 5) is 16.1. The Hall–Kier alpha value is -4.06. The highest BCUT2D eigenvalue weighted by Gasteiger charge is 2.21. The van der Waals surface area contributed by atoms with Crippen LogP contribution in [0.4, 0.5) is 0 Å². The van der Waals surface area contributed by atoms with Crippen molar-refractivity contribution in [2.45, 2.75) is 5.92 Å². The number of aromatic amines is 1. The van der Waals surface area contributed by atoms with Crippen LogP contribution in [-0.4, -0.2) is 22.6 Å². The van der Waals surface area contributed by atoms with Crippen molar-refractivity contribution in [2.75, 3.05) is 6.54 Å². The molecule has 30 heavy (non-hydrogen) atoms. The molecule has 0 aliphatic carbocycles. The van der Waals surface area contributed by atoms with E-state index >= 15 is 0 Å². The molecule has 0 saturated heterocycles. The molecule has 5 rings (SSSR count). The summed E-state index contributed by atoms with van der Waals surface area (Å²) in [7, 11) is 0. The van der Waals surface area contributed by atoms with Crippen molar-refractivity contribution in [1.82, 2.24) is 15.5 Å². The molecule has 2 aromatic carbocycles. The van der Waals surface area contributed by atoms with Gasteiger partial charge < -0.3 is 19.2 Å². The summed E-state index contributed by atoms with van der Waals surface area (Å²) in [6.45, 7) is 0.424. The van der Waals surface area contributed by atoms with Crippen LogP contribution in [0.1, 0.15) is 27.5 Å². The second-order valence-electron chi connectivity index (χ2n) is 7.02. The molecule has 1 atom stereocenters. The van der Waals surface area contributed by atoms with Gasteiger partial charge >= 0.3 is 0 Å². The van der Waals surface area contributed by atoms with Gasteiger partial charge in [0.25, 0.3) is 5.91 Å². The number of rotatable bonds is 6. The lowest BCUT2D eigenvalue weighted by atomic mass is 9.91. The normalized spacial score (nSPS) is 12.1. The van der Waals surface area contributed by atoms with Gasteiger partial charge in [-0.3, -0.25) is 4.79 Å². The van der Waals surface area contributed by atoms with E-state index in [4.69, 9.17) is 8.94 Å². The van der Waals surface area contributed by atoms with Crippen molar-refractivity contribution >= 4 is 16.8 Å². The number of hydrogen-bond acceptors (Lipinski definition) is 4. The zero-order valence-corrected chi connectivity index (χ0v) is 16.0. The fraction of sp³-hybridized carbons (Fsp3) is 0.0833. The highest BCUT2D eigenvalue weighted by molar-refractivity contribution is 5.93. The third-order valence-corrected chi connectivity index (χ3v) is 5.17. The number of nitrogens with one attached hydrogen (secondary N) is 2. The molecule has 5 aromatic rings. The predicted molar refractivity (Wildman–Crippen MR) is 113 cm³/mol. The topological polar surface area (TPSA) is 84.1 Å². The monoisotopic (exact) mass is 397 g/mol. The molecule has 0 aliphatic heterocycles. The Morgan fingerprint density at radius 1 is 1.00 bits per heavy atom. The maximum atomic E-state index is 12.7. The molecular weight excluding hydrogens is 378 g/mol. The fourth-order valence-corrected chi connectivity index (χ4v) is 3.68. The number of amides is 1. The third-order valence-electron chi connectivity index (χ3n) is 5.17. The number of fused-ring (bicyclic) bond motifs is 1. The summed E-state index contributed by atoms with van der Waals surface area (Å²) in [5.74, 6) is 0.643. The van der Waals surface area contributed by atoms with Crippen LogP contribution in [0.25, 0.3) is 22.4 Å². The lowest BCUT2D eigenvalue weighted by molar-refractivity contribution is 0.0943. The van der Waals surface area contributed by atoms with Gasteiger partial charge in [-0.05, 0) is 29.3 Å². The molecular formula is C24H19N3O3. The molecule has 6 nitrogen and oxygen atoms in total. The largest absolute Gasteiger partial charge is 0.461 e. The number of benzene rings is 2. The van der Waals surface area contributed by atoms with Gasteiger partial charge in [-0.25, -0.2) is 0 Å². The molecule has 2 N–H and O–H groups in total. The average Bonchev–Trinajstić information content (AvgIpc) is 3.55. The summed E-state index contributed by atoms with van der Waals surface area (Å²) in [5.41, 5.74) is 3.54. The summed E-state index contributed by atoms with van der Waals surface area (Å²) in [6, 6.07) is 23.4. The van der Waals surface area contributed by atoms with E-state index in [0.717, 1.165) is 22.0 Å². The van der Waals surface area contributed by atoms with Gasteiger partial charge in [0.2, 0.25) is 5.76 Å². The zero-order chi connectivity index (χ0) is 20.3. The number of furan rings is 1. The molecule has 148 valence electrons. The molecule has 3 aromatic heterocycles. The summed E-state index contributed by atoms with van der Waals surface area (Å²) >= 11 is 0. The van der Waals surface area contributed by atoms with E-state index in [1.54, 1.807) is 24.5 Å². The molecule has 0 saturated carbocycles. The number of carbonyl (C=O) groups is 1. The molecule has 6 heteroatoms. The van der Waals surface area contributed by atoms with E-state index in [2.05, 4.69) is 33.7 Å². The Kier molecular flexibility index (Phi) is 4.65. The van der Waals surface area contributed by atoms with Crippen molar-refractivity contribution in [3.8, 4) is 11.5 Å². The van der Waals surface area contributed by atoms with Crippen LogP contribution in [0, 0.1) is 0 Å². The van der Waals surface area contributed by atoms with E-state index in [1.807, 2.05) is 42.6 Å². The van der Waals surface area contributed by atoms with E-state index in [1.165, 1.54) is 0 Å². The van der Waals surface area contributed by atoms with E-state index in [0.29, 0.717) is 18.1 Å². The molecule has 0 bridgehead atoms. The lowest BCUT2D eigenvalue weighted by Gasteiger charge is -2.18. The first kappa shape index (κ1) is 18.0. The predicted octanol–water partition coefficient (Wildman–Crippen LogP) is 4.98. The number of nitrogens with zero attached hydrogens (tertiary/aromatic N) is 1. The molecule has 0 spiro atoms. The molecule has 3 heterocycles.